The third-order valence-corrected chi connectivity index (χ3v) is 4.10. The van der Waals surface area contributed by atoms with Gasteiger partial charge < -0.3 is 4.90 Å². The molecule has 1 aliphatic rings. The van der Waals surface area contributed by atoms with Crippen LogP contribution in [0.3, 0.4) is 0 Å². The molecule has 0 radical (unpaired) electrons. The van der Waals surface area contributed by atoms with Crippen molar-refractivity contribution in [3.8, 4) is 0 Å². The summed E-state index contributed by atoms with van der Waals surface area (Å²) in [5, 5.41) is 0. The van der Waals surface area contributed by atoms with E-state index in [-0.39, 0.29) is 23.6 Å². The fourth-order valence-corrected chi connectivity index (χ4v) is 2.81. The highest BCUT2D eigenvalue weighted by Gasteiger charge is 2.30. The molecule has 0 N–H and O–H groups in total. The third-order valence-electron chi connectivity index (χ3n) is 3.01. The van der Waals surface area contributed by atoms with Crippen molar-refractivity contribution in [1.29, 1.82) is 0 Å². The molecule has 1 amide bonds. The van der Waals surface area contributed by atoms with Gasteiger partial charge in [0.05, 0.1) is 5.75 Å². The van der Waals surface area contributed by atoms with Crippen LogP contribution in [0.15, 0.2) is 0 Å². The predicted molar refractivity (Wildman–Crippen MR) is 59.3 cm³/mol. The Balaban J connectivity index is 2.51. The first kappa shape index (κ1) is 12.5. The van der Waals surface area contributed by atoms with Gasteiger partial charge in [-0.3, -0.25) is 4.79 Å². The van der Waals surface area contributed by atoms with Gasteiger partial charge in [-0.05, 0) is 19.8 Å². The summed E-state index contributed by atoms with van der Waals surface area (Å²) in [6.07, 6.45) is 4.22. The van der Waals surface area contributed by atoms with Crippen LogP contribution in [0, 0.1) is 5.92 Å². The SMILES string of the molecule is C[C@@H](CS(C)(=O)=O)N(C)C(=O)C1CCC1. The number of rotatable bonds is 4. The molecule has 1 fully saturated rings. The number of hydrogen-bond acceptors (Lipinski definition) is 3. The molecular weight excluding hydrogens is 214 g/mol. The lowest BCUT2D eigenvalue weighted by atomic mass is 9.84. The van der Waals surface area contributed by atoms with Crippen molar-refractivity contribution in [3.63, 3.8) is 0 Å². The summed E-state index contributed by atoms with van der Waals surface area (Å²) in [5.41, 5.74) is 0. The minimum absolute atomic E-state index is 0.0436. The molecule has 0 unspecified atom stereocenters. The second-order valence-corrected chi connectivity index (χ2v) is 6.70. The first-order valence-electron chi connectivity index (χ1n) is 5.25. The van der Waals surface area contributed by atoms with Gasteiger partial charge in [0.2, 0.25) is 5.91 Å². The quantitative estimate of drug-likeness (QED) is 0.717. The van der Waals surface area contributed by atoms with E-state index < -0.39 is 9.84 Å². The summed E-state index contributed by atoms with van der Waals surface area (Å²) < 4.78 is 22.2. The maximum atomic E-state index is 11.8. The van der Waals surface area contributed by atoms with Crippen molar-refractivity contribution < 1.29 is 13.2 Å². The molecule has 0 aromatic rings. The first-order valence-corrected chi connectivity index (χ1v) is 7.31. The molecule has 0 aromatic heterocycles. The maximum absolute atomic E-state index is 11.8. The summed E-state index contributed by atoms with van der Waals surface area (Å²) in [5.74, 6) is 0.275. The van der Waals surface area contributed by atoms with Crippen LogP contribution in [-0.2, 0) is 14.6 Å². The Bertz CT molecular complexity index is 333. The standard InChI is InChI=1S/C10H19NO3S/c1-8(7-15(3,13)14)11(2)10(12)9-5-4-6-9/h8-9H,4-7H2,1-3H3/t8-/m0/s1. The summed E-state index contributed by atoms with van der Waals surface area (Å²) in [6.45, 7) is 1.78. The average molecular weight is 233 g/mol. The Morgan fingerprint density at radius 1 is 1.47 bits per heavy atom. The van der Waals surface area contributed by atoms with Gasteiger partial charge in [-0.15, -0.1) is 0 Å². The lowest BCUT2D eigenvalue weighted by Crippen LogP contribution is -2.44. The van der Waals surface area contributed by atoms with E-state index in [0.717, 1.165) is 19.3 Å². The molecule has 15 heavy (non-hydrogen) atoms. The topological polar surface area (TPSA) is 54.5 Å². The highest BCUT2D eigenvalue weighted by Crippen LogP contribution is 2.28. The number of hydrogen-bond donors (Lipinski definition) is 0. The smallest absolute Gasteiger partial charge is 0.225 e. The number of carbonyl (C=O) groups is 1. The average Bonchev–Trinajstić information content (AvgIpc) is 1.96. The molecule has 4 nitrogen and oxygen atoms in total. The summed E-state index contributed by atoms with van der Waals surface area (Å²) in [6, 6.07) is -0.229. The van der Waals surface area contributed by atoms with Crippen LogP contribution in [0.25, 0.3) is 0 Å². The molecule has 1 saturated carbocycles. The third kappa shape index (κ3) is 3.48. The van der Waals surface area contributed by atoms with E-state index in [1.807, 2.05) is 0 Å². The van der Waals surface area contributed by atoms with E-state index in [1.165, 1.54) is 6.26 Å². The Labute approximate surface area is 91.6 Å². The molecule has 1 aliphatic carbocycles. The van der Waals surface area contributed by atoms with Crippen LogP contribution < -0.4 is 0 Å². The molecule has 0 aliphatic heterocycles. The molecular formula is C10H19NO3S. The van der Waals surface area contributed by atoms with Gasteiger partial charge in [0.15, 0.2) is 0 Å². The van der Waals surface area contributed by atoms with E-state index in [9.17, 15) is 13.2 Å². The molecule has 88 valence electrons. The highest BCUT2D eigenvalue weighted by atomic mass is 32.2. The molecule has 0 spiro atoms. The highest BCUT2D eigenvalue weighted by molar-refractivity contribution is 7.90. The Morgan fingerprint density at radius 3 is 2.33 bits per heavy atom. The van der Waals surface area contributed by atoms with Crippen LogP contribution in [0.4, 0.5) is 0 Å². The predicted octanol–water partition coefficient (Wildman–Crippen LogP) is 0.678. The Hall–Kier alpha value is -0.580. The second-order valence-electron chi connectivity index (χ2n) is 4.52. The van der Waals surface area contributed by atoms with Crippen LogP contribution in [0.1, 0.15) is 26.2 Å². The van der Waals surface area contributed by atoms with Crippen LogP contribution in [0.2, 0.25) is 0 Å². The molecule has 0 bridgehead atoms. The maximum Gasteiger partial charge on any atom is 0.225 e. The van der Waals surface area contributed by atoms with Crippen LogP contribution in [0.5, 0.6) is 0 Å². The number of amides is 1. The minimum Gasteiger partial charge on any atom is -0.342 e. The normalized spacial score (nSPS) is 19.4. The second kappa shape index (κ2) is 4.51. The van der Waals surface area contributed by atoms with E-state index in [0.29, 0.717) is 0 Å². The van der Waals surface area contributed by atoms with Crippen molar-refractivity contribution in [2.45, 2.75) is 32.2 Å². The zero-order chi connectivity index (χ0) is 11.6. The first-order chi connectivity index (χ1) is 6.81. The molecule has 1 rings (SSSR count). The van der Waals surface area contributed by atoms with Crippen molar-refractivity contribution in [2.24, 2.45) is 5.92 Å². The largest absolute Gasteiger partial charge is 0.342 e. The lowest BCUT2D eigenvalue weighted by molar-refractivity contribution is -0.138. The van der Waals surface area contributed by atoms with Gasteiger partial charge >= 0.3 is 0 Å². The van der Waals surface area contributed by atoms with E-state index in [2.05, 4.69) is 0 Å². The van der Waals surface area contributed by atoms with Gasteiger partial charge in [0.1, 0.15) is 9.84 Å². The number of carbonyl (C=O) groups excluding carboxylic acids is 1. The fraction of sp³-hybridized carbons (Fsp3) is 0.900. The van der Waals surface area contributed by atoms with E-state index in [1.54, 1.807) is 18.9 Å². The molecule has 1 atom stereocenters. The monoisotopic (exact) mass is 233 g/mol. The van der Waals surface area contributed by atoms with Gasteiger partial charge in [0.25, 0.3) is 0 Å². The zero-order valence-electron chi connectivity index (χ0n) is 9.56. The van der Waals surface area contributed by atoms with Crippen molar-refractivity contribution in [3.05, 3.63) is 0 Å². The van der Waals surface area contributed by atoms with Gasteiger partial charge in [-0.1, -0.05) is 6.42 Å². The van der Waals surface area contributed by atoms with Crippen molar-refractivity contribution in [1.82, 2.24) is 4.90 Å². The van der Waals surface area contributed by atoms with Crippen molar-refractivity contribution >= 4 is 15.7 Å². The van der Waals surface area contributed by atoms with Gasteiger partial charge in [0, 0.05) is 25.3 Å². The van der Waals surface area contributed by atoms with Gasteiger partial charge in [-0.25, -0.2) is 8.42 Å². The molecule has 5 heteroatoms. The Kier molecular flexibility index (Phi) is 3.76. The zero-order valence-corrected chi connectivity index (χ0v) is 10.4. The number of nitrogens with zero attached hydrogens (tertiary/aromatic N) is 1. The summed E-state index contributed by atoms with van der Waals surface area (Å²) in [4.78, 5) is 13.4. The molecule has 0 heterocycles. The molecule has 0 aromatic carbocycles. The van der Waals surface area contributed by atoms with Crippen LogP contribution >= 0.6 is 0 Å². The minimum atomic E-state index is -3.01. The van der Waals surface area contributed by atoms with E-state index >= 15 is 0 Å². The summed E-state index contributed by atoms with van der Waals surface area (Å²) in [7, 11) is -1.32. The van der Waals surface area contributed by atoms with Gasteiger partial charge in [-0.2, -0.15) is 0 Å². The summed E-state index contributed by atoms with van der Waals surface area (Å²) >= 11 is 0. The van der Waals surface area contributed by atoms with E-state index in [4.69, 9.17) is 0 Å². The Morgan fingerprint density at radius 2 is 2.00 bits per heavy atom. The lowest BCUT2D eigenvalue weighted by Gasteiger charge is -2.32. The number of sulfone groups is 1. The fourth-order valence-electron chi connectivity index (χ4n) is 1.71. The molecule has 0 saturated heterocycles. The van der Waals surface area contributed by atoms with Crippen LogP contribution in [-0.4, -0.2) is 44.3 Å². The van der Waals surface area contributed by atoms with Crippen molar-refractivity contribution in [2.75, 3.05) is 19.1 Å².